The van der Waals surface area contributed by atoms with Gasteiger partial charge in [0.1, 0.15) is 11.5 Å². The van der Waals surface area contributed by atoms with Gasteiger partial charge in [-0.2, -0.15) is 0 Å². The Bertz CT molecular complexity index is 668. The summed E-state index contributed by atoms with van der Waals surface area (Å²) in [7, 11) is 1.64. The minimum atomic E-state index is -0.0966. The van der Waals surface area contributed by atoms with Crippen molar-refractivity contribution in [1.82, 2.24) is 9.97 Å². The fraction of sp³-hybridized carbons (Fsp3) is 0.412. The number of methoxy groups -OCH3 is 1. The third kappa shape index (κ3) is 5.63. The van der Waals surface area contributed by atoms with Crippen LogP contribution in [0.4, 0.5) is 0 Å². The zero-order valence-electron chi connectivity index (χ0n) is 13.7. The van der Waals surface area contributed by atoms with Crippen LogP contribution in [0.3, 0.4) is 0 Å². The van der Waals surface area contributed by atoms with Crippen molar-refractivity contribution in [3.05, 3.63) is 46.4 Å². The largest absolute Gasteiger partial charge is 0.497 e. The molecule has 0 saturated heterocycles. The first-order chi connectivity index (χ1) is 11.1. The fourth-order valence-corrected chi connectivity index (χ4v) is 2.71. The van der Waals surface area contributed by atoms with E-state index in [4.69, 9.17) is 9.47 Å². The van der Waals surface area contributed by atoms with Gasteiger partial charge >= 0.3 is 0 Å². The highest BCUT2D eigenvalue weighted by molar-refractivity contribution is 7.99. The van der Waals surface area contributed by atoms with E-state index in [1.165, 1.54) is 0 Å². The van der Waals surface area contributed by atoms with Gasteiger partial charge in [-0.05, 0) is 36.6 Å². The van der Waals surface area contributed by atoms with E-state index in [0.717, 1.165) is 29.4 Å². The van der Waals surface area contributed by atoms with Gasteiger partial charge in [0.25, 0.3) is 5.56 Å². The second kappa shape index (κ2) is 8.62. The molecule has 0 aliphatic heterocycles. The summed E-state index contributed by atoms with van der Waals surface area (Å²) >= 11 is 1.54. The zero-order valence-corrected chi connectivity index (χ0v) is 14.5. The molecule has 0 aliphatic rings. The Labute approximate surface area is 140 Å². The summed E-state index contributed by atoms with van der Waals surface area (Å²) in [5.41, 5.74) is 0.728. The van der Waals surface area contributed by atoms with Gasteiger partial charge < -0.3 is 14.5 Å². The molecule has 1 heterocycles. The van der Waals surface area contributed by atoms with Gasteiger partial charge in [-0.3, -0.25) is 4.79 Å². The Kier molecular flexibility index (Phi) is 6.52. The maximum atomic E-state index is 11.6. The van der Waals surface area contributed by atoms with E-state index < -0.39 is 0 Å². The van der Waals surface area contributed by atoms with Gasteiger partial charge in [-0.15, -0.1) is 0 Å². The van der Waals surface area contributed by atoms with Crippen molar-refractivity contribution >= 4 is 11.8 Å². The van der Waals surface area contributed by atoms with Gasteiger partial charge in [0, 0.05) is 11.8 Å². The molecule has 1 N–H and O–H groups in total. The molecule has 23 heavy (non-hydrogen) atoms. The Balaban J connectivity index is 1.75. The molecule has 0 fully saturated rings. The first-order valence-corrected chi connectivity index (χ1v) is 8.58. The lowest BCUT2D eigenvalue weighted by Gasteiger charge is -2.08. The quantitative estimate of drug-likeness (QED) is 0.455. The molecule has 5 nitrogen and oxygen atoms in total. The molecule has 124 valence electrons. The normalized spacial score (nSPS) is 10.8. The van der Waals surface area contributed by atoms with E-state index in [-0.39, 0.29) is 11.5 Å². The molecule has 0 aliphatic carbocycles. The molecule has 0 unspecified atom stereocenters. The summed E-state index contributed by atoms with van der Waals surface area (Å²) in [5, 5.41) is 0.672. The lowest BCUT2D eigenvalue weighted by atomic mass is 10.1. The number of nitrogens with one attached hydrogen (secondary N) is 1. The van der Waals surface area contributed by atoms with Crippen molar-refractivity contribution in [3.8, 4) is 11.5 Å². The van der Waals surface area contributed by atoms with Crippen molar-refractivity contribution in [2.45, 2.75) is 31.3 Å². The molecule has 2 aromatic rings. The summed E-state index contributed by atoms with van der Waals surface area (Å²) in [6.07, 6.45) is 0.867. The van der Waals surface area contributed by atoms with Crippen LogP contribution < -0.4 is 15.0 Å². The Morgan fingerprint density at radius 1 is 1.22 bits per heavy atom. The average molecular weight is 334 g/mol. The maximum absolute atomic E-state index is 11.6. The van der Waals surface area contributed by atoms with Crippen LogP contribution in [0.15, 0.2) is 40.3 Å². The smallest absolute Gasteiger partial charge is 0.251 e. The standard InChI is InChI=1S/C17H22N2O3S/c1-12(2)15-11-16(20)19-17(18-15)23-10-4-9-22-14-7-5-13(21-3)6-8-14/h5-8,11-12H,4,9-10H2,1-3H3,(H,18,19,20). The molecule has 0 saturated carbocycles. The molecule has 0 atom stereocenters. The first kappa shape index (κ1) is 17.4. The molecule has 1 aromatic carbocycles. The number of aromatic nitrogens is 2. The first-order valence-electron chi connectivity index (χ1n) is 7.59. The Morgan fingerprint density at radius 3 is 2.57 bits per heavy atom. The molecule has 0 spiro atoms. The van der Waals surface area contributed by atoms with Crippen LogP contribution >= 0.6 is 11.8 Å². The second-order valence-corrected chi connectivity index (χ2v) is 6.44. The molecule has 0 radical (unpaired) electrons. The van der Waals surface area contributed by atoms with Crippen LogP contribution in [-0.2, 0) is 0 Å². The lowest BCUT2D eigenvalue weighted by Crippen LogP contribution is -2.11. The summed E-state index contributed by atoms with van der Waals surface area (Å²) < 4.78 is 10.8. The topological polar surface area (TPSA) is 64.2 Å². The minimum absolute atomic E-state index is 0.0966. The Morgan fingerprint density at radius 2 is 1.91 bits per heavy atom. The lowest BCUT2D eigenvalue weighted by molar-refractivity contribution is 0.318. The van der Waals surface area contributed by atoms with E-state index in [2.05, 4.69) is 9.97 Å². The second-order valence-electron chi connectivity index (χ2n) is 5.36. The van der Waals surface area contributed by atoms with E-state index in [1.807, 2.05) is 38.1 Å². The van der Waals surface area contributed by atoms with E-state index in [1.54, 1.807) is 24.9 Å². The zero-order chi connectivity index (χ0) is 16.7. The summed E-state index contributed by atoms with van der Waals surface area (Å²) in [6, 6.07) is 9.07. The van der Waals surface area contributed by atoms with Crippen molar-refractivity contribution in [3.63, 3.8) is 0 Å². The van der Waals surface area contributed by atoms with Gasteiger partial charge in [-0.1, -0.05) is 25.6 Å². The SMILES string of the molecule is COc1ccc(OCCCSc2nc(C(C)C)cc(=O)[nH]2)cc1. The number of rotatable bonds is 8. The molecule has 0 amide bonds. The number of aromatic amines is 1. The summed E-state index contributed by atoms with van der Waals surface area (Å²) in [4.78, 5) is 18.8. The van der Waals surface area contributed by atoms with E-state index >= 15 is 0 Å². The molecule has 0 bridgehead atoms. The Hall–Kier alpha value is -1.95. The van der Waals surface area contributed by atoms with Crippen LogP contribution in [0.2, 0.25) is 0 Å². The number of thioether (sulfide) groups is 1. The molecular weight excluding hydrogens is 312 g/mol. The van der Waals surface area contributed by atoms with Gasteiger partial charge in [0.2, 0.25) is 0 Å². The molecule has 2 rings (SSSR count). The third-order valence-corrected chi connectivity index (χ3v) is 4.15. The number of benzene rings is 1. The minimum Gasteiger partial charge on any atom is -0.497 e. The third-order valence-electron chi connectivity index (χ3n) is 3.19. The van der Waals surface area contributed by atoms with Crippen LogP contribution in [0, 0.1) is 0 Å². The summed E-state index contributed by atoms with van der Waals surface area (Å²) in [6.45, 7) is 4.67. The van der Waals surface area contributed by atoms with Gasteiger partial charge in [0.15, 0.2) is 5.16 Å². The van der Waals surface area contributed by atoms with E-state index in [0.29, 0.717) is 11.8 Å². The predicted molar refractivity (Wildman–Crippen MR) is 92.8 cm³/mol. The van der Waals surface area contributed by atoms with Crippen LogP contribution in [0.5, 0.6) is 11.5 Å². The van der Waals surface area contributed by atoms with Gasteiger partial charge in [-0.25, -0.2) is 4.98 Å². The maximum Gasteiger partial charge on any atom is 0.251 e. The fourth-order valence-electron chi connectivity index (χ4n) is 1.91. The highest BCUT2D eigenvalue weighted by Gasteiger charge is 2.05. The van der Waals surface area contributed by atoms with Crippen LogP contribution in [-0.4, -0.2) is 29.4 Å². The van der Waals surface area contributed by atoms with Gasteiger partial charge in [0.05, 0.1) is 19.4 Å². The van der Waals surface area contributed by atoms with Crippen molar-refractivity contribution in [2.75, 3.05) is 19.5 Å². The number of H-pyrrole nitrogens is 1. The number of hydrogen-bond acceptors (Lipinski definition) is 5. The highest BCUT2D eigenvalue weighted by Crippen LogP contribution is 2.18. The molecule has 6 heteroatoms. The molecular formula is C17H22N2O3S. The van der Waals surface area contributed by atoms with Crippen LogP contribution in [0.1, 0.15) is 31.9 Å². The average Bonchev–Trinajstić information content (AvgIpc) is 2.54. The number of hydrogen-bond donors (Lipinski definition) is 1. The molecule has 1 aromatic heterocycles. The number of ether oxygens (including phenoxy) is 2. The van der Waals surface area contributed by atoms with Crippen molar-refractivity contribution in [1.29, 1.82) is 0 Å². The number of nitrogens with zero attached hydrogens (tertiary/aromatic N) is 1. The van der Waals surface area contributed by atoms with Crippen molar-refractivity contribution in [2.24, 2.45) is 0 Å². The van der Waals surface area contributed by atoms with Crippen molar-refractivity contribution < 1.29 is 9.47 Å². The van der Waals surface area contributed by atoms with Crippen LogP contribution in [0.25, 0.3) is 0 Å². The monoisotopic (exact) mass is 334 g/mol. The highest BCUT2D eigenvalue weighted by atomic mass is 32.2. The van der Waals surface area contributed by atoms with E-state index in [9.17, 15) is 4.79 Å². The summed E-state index contributed by atoms with van der Waals surface area (Å²) in [5.74, 6) is 2.72. The predicted octanol–water partition coefficient (Wildman–Crippen LogP) is 3.46.